The lowest BCUT2D eigenvalue weighted by molar-refractivity contribution is -0.384. The summed E-state index contributed by atoms with van der Waals surface area (Å²) in [6, 6.07) is 14.2. The van der Waals surface area contributed by atoms with Gasteiger partial charge in [0.1, 0.15) is 0 Å². The Bertz CT molecular complexity index is 2480. The van der Waals surface area contributed by atoms with Gasteiger partial charge in [-0.3, -0.25) is 19.5 Å². The van der Waals surface area contributed by atoms with E-state index in [-0.39, 0.29) is 22.4 Å². The van der Waals surface area contributed by atoms with E-state index in [9.17, 15) is 19.7 Å². The number of benzene rings is 3. The van der Waals surface area contributed by atoms with E-state index in [2.05, 4.69) is 31.1 Å². The van der Waals surface area contributed by atoms with Gasteiger partial charge in [-0.15, -0.1) is 10.2 Å². The monoisotopic (exact) mass is 838 g/mol. The molecule has 3 heterocycles. The maximum absolute atomic E-state index is 14.5. The van der Waals surface area contributed by atoms with Crippen LogP contribution in [0.4, 0.5) is 5.69 Å². The average Bonchev–Trinajstić information content (AvgIpc) is 3.68. The molecular weight excluding hydrogens is 808 g/mol. The minimum absolute atomic E-state index is 0.111. The van der Waals surface area contributed by atoms with Gasteiger partial charge in [0.15, 0.2) is 27.3 Å². The molecule has 3 aromatic carbocycles. The highest BCUT2D eigenvalue weighted by Gasteiger charge is 2.35. The van der Waals surface area contributed by atoms with Gasteiger partial charge in [-0.25, -0.2) is 9.79 Å². The van der Waals surface area contributed by atoms with Crippen LogP contribution in [0.1, 0.15) is 44.9 Å². The Morgan fingerprint density at radius 1 is 1.11 bits per heavy atom. The van der Waals surface area contributed by atoms with Crippen molar-refractivity contribution >= 4 is 68.4 Å². The first-order chi connectivity index (χ1) is 25.5. The van der Waals surface area contributed by atoms with Gasteiger partial charge >= 0.3 is 5.97 Å². The first-order valence-electron chi connectivity index (χ1n) is 16.3. The molecule has 17 heteroatoms. The Labute approximate surface area is 324 Å². The van der Waals surface area contributed by atoms with Gasteiger partial charge in [0, 0.05) is 38.6 Å². The number of nitro groups is 1. The molecule has 0 aliphatic carbocycles. The van der Waals surface area contributed by atoms with E-state index in [0.717, 1.165) is 16.9 Å². The largest absolute Gasteiger partial charge is 0.493 e. The third kappa shape index (κ3) is 7.54. The van der Waals surface area contributed by atoms with Gasteiger partial charge in [-0.1, -0.05) is 51.0 Å². The number of hydrogen-bond acceptors (Lipinski definition) is 12. The summed E-state index contributed by atoms with van der Waals surface area (Å²) >= 11 is 12.2. The van der Waals surface area contributed by atoms with Crippen LogP contribution in [-0.2, 0) is 16.1 Å². The summed E-state index contributed by atoms with van der Waals surface area (Å²) in [6.45, 7) is 8.17. The normalized spacial score (nSPS) is 14.2. The maximum Gasteiger partial charge on any atom is 0.338 e. The van der Waals surface area contributed by atoms with Crippen molar-refractivity contribution in [2.75, 3.05) is 20.3 Å². The lowest BCUT2D eigenvalue weighted by Crippen LogP contribution is -2.40. The molecule has 0 saturated heterocycles. The number of non-ortho nitro benzene ring substituents is 1. The summed E-state index contributed by atoms with van der Waals surface area (Å²) < 4.78 is 21.0. The van der Waals surface area contributed by atoms with Crippen LogP contribution in [-0.4, -0.2) is 50.5 Å². The highest BCUT2D eigenvalue weighted by molar-refractivity contribution is 9.10. The first kappa shape index (κ1) is 38.0. The molecule has 53 heavy (non-hydrogen) atoms. The summed E-state index contributed by atoms with van der Waals surface area (Å²) in [5.41, 5.74) is 1.67. The zero-order valence-corrected chi connectivity index (χ0v) is 33.1. The molecule has 0 bridgehead atoms. The summed E-state index contributed by atoms with van der Waals surface area (Å²) in [7, 11) is 1.52. The lowest BCUT2D eigenvalue weighted by Gasteiger charge is -2.26. The predicted octanol–water partition coefficient (Wildman–Crippen LogP) is 6.96. The van der Waals surface area contributed by atoms with Crippen molar-refractivity contribution < 1.29 is 23.9 Å². The van der Waals surface area contributed by atoms with Crippen LogP contribution >= 0.6 is 50.6 Å². The van der Waals surface area contributed by atoms with Crippen molar-refractivity contribution in [2.45, 2.75) is 50.3 Å². The number of thiazole rings is 1. The van der Waals surface area contributed by atoms with Crippen molar-refractivity contribution in [3.8, 4) is 22.9 Å². The van der Waals surface area contributed by atoms with Gasteiger partial charge in [-0.05, 0) is 87.0 Å². The van der Waals surface area contributed by atoms with Crippen molar-refractivity contribution in [1.29, 1.82) is 0 Å². The molecule has 0 fully saturated rings. The van der Waals surface area contributed by atoms with E-state index in [1.165, 1.54) is 35.6 Å². The lowest BCUT2D eigenvalue weighted by atomic mass is 9.95. The van der Waals surface area contributed by atoms with Crippen molar-refractivity contribution in [3.05, 3.63) is 116 Å². The molecule has 1 aliphatic heterocycles. The number of hydrogen-bond donors (Lipinski definition) is 0. The minimum Gasteiger partial charge on any atom is -0.493 e. The van der Waals surface area contributed by atoms with Crippen LogP contribution < -0.4 is 24.4 Å². The molecule has 0 saturated carbocycles. The van der Waals surface area contributed by atoms with Crippen LogP contribution in [0.2, 0.25) is 5.02 Å². The van der Waals surface area contributed by atoms with E-state index in [1.54, 1.807) is 50.3 Å². The molecule has 5 aromatic rings. The van der Waals surface area contributed by atoms with E-state index >= 15 is 0 Å². The molecule has 274 valence electrons. The summed E-state index contributed by atoms with van der Waals surface area (Å²) in [4.78, 5) is 45.1. The molecule has 1 atom stereocenters. The third-order valence-electron chi connectivity index (χ3n) is 8.20. The fourth-order valence-corrected chi connectivity index (χ4v) is 8.60. The molecule has 6 rings (SSSR count). The molecule has 0 N–H and O–H groups in total. The SMILES string of the molecule is CCOC(=O)C1=C(C)N=c2s/c(=C/c3cc([N+](=O)[O-])ccc3Sc3nnc(-c4cccc(Cl)c4)n3CC)c(=O)n2[C@H]1c1cc(OCC)c(OC)cc1Br. The second-order valence-corrected chi connectivity index (χ2v) is 14.7. The van der Waals surface area contributed by atoms with E-state index in [4.69, 9.17) is 25.8 Å². The summed E-state index contributed by atoms with van der Waals surface area (Å²) in [6.07, 6.45) is 1.60. The summed E-state index contributed by atoms with van der Waals surface area (Å²) in [5.74, 6) is 0.870. The van der Waals surface area contributed by atoms with Crippen LogP contribution in [0, 0.1) is 10.1 Å². The molecule has 0 radical (unpaired) electrons. The average molecular weight is 840 g/mol. The number of rotatable bonds is 12. The van der Waals surface area contributed by atoms with E-state index < -0.39 is 22.5 Å². The number of aromatic nitrogens is 4. The zero-order chi connectivity index (χ0) is 38.0. The standard InChI is InChI=1S/C36H32BrClN6O7S2/c1-6-42-32(20-10-9-11-22(38)14-20)40-41-36(42)52-28-13-12-23(44(47)48)15-21(28)16-29-33(45)43-31(24-17-27(50-7-2)26(49-5)18-25(24)37)30(34(46)51-8-3)19(4)39-35(43)53-29/h9-18,31H,6-8H2,1-5H3/b29-16+/t31-/m0/s1. The number of esters is 1. The molecule has 2 aromatic heterocycles. The Morgan fingerprint density at radius 2 is 1.91 bits per heavy atom. The fraction of sp³-hybridized carbons (Fsp3) is 0.250. The number of nitrogens with zero attached hydrogens (tertiary/aromatic N) is 6. The van der Waals surface area contributed by atoms with E-state index in [0.29, 0.717) is 71.6 Å². The van der Waals surface area contributed by atoms with Gasteiger partial charge in [-0.2, -0.15) is 0 Å². The molecule has 0 unspecified atom stereocenters. The number of methoxy groups -OCH3 is 1. The van der Waals surface area contributed by atoms with Gasteiger partial charge < -0.3 is 18.8 Å². The topological polar surface area (TPSA) is 153 Å². The number of carbonyl (C=O) groups excluding carboxylic acids is 1. The Hall–Kier alpha value is -4.77. The summed E-state index contributed by atoms with van der Waals surface area (Å²) in [5, 5.41) is 21.9. The Morgan fingerprint density at radius 3 is 2.58 bits per heavy atom. The van der Waals surface area contributed by atoms with Crippen molar-refractivity contribution in [1.82, 2.24) is 19.3 Å². The van der Waals surface area contributed by atoms with Crippen LogP contribution in [0.15, 0.2) is 90.2 Å². The van der Waals surface area contributed by atoms with Crippen molar-refractivity contribution in [3.63, 3.8) is 0 Å². The number of nitro benzene ring substituents is 1. The maximum atomic E-state index is 14.5. The minimum atomic E-state index is -0.959. The van der Waals surface area contributed by atoms with Crippen LogP contribution in [0.25, 0.3) is 17.5 Å². The number of ether oxygens (including phenoxy) is 3. The predicted molar refractivity (Wildman–Crippen MR) is 206 cm³/mol. The van der Waals surface area contributed by atoms with Crippen LogP contribution in [0.3, 0.4) is 0 Å². The van der Waals surface area contributed by atoms with E-state index in [1.807, 2.05) is 30.5 Å². The van der Waals surface area contributed by atoms with Gasteiger partial charge in [0.25, 0.3) is 11.2 Å². The second-order valence-electron chi connectivity index (χ2n) is 11.4. The zero-order valence-electron chi connectivity index (χ0n) is 29.1. The molecule has 1 aliphatic rings. The third-order valence-corrected chi connectivity index (χ3v) is 11.2. The fourth-order valence-electron chi connectivity index (χ4n) is 5.86. The molecule has 0 spiro atoms. The highest BCUT2D eigenvalue weighted by Crippen LogP contribution is 2.41. The molecule has 13 nitrogen and oxygen atoms in total. The number of fused-ring (bicyclic) bond motifs is 1. The van der Waals surface area contributed by atoms with Crippen LogP contribution in [0.5, 0.6) is 11.5 Å². The Balaban J connectivity index is 1.53. The molecule has 0 amide bonds. The smallest absolute Gasteiger partial charge is 0.338 e. The Kier molecular flexibility index (Phi) is 11.5. The molecular formula is C36H32BrClN6O7S2. The highest BCUT2D eigenvalue weighted by atomic mass is 79.9. The van der Waals surface area contributed by atoms with Crippen molar-refractivity contribution in [2.24, 2.45) is 4.99 Å². The van der Waals surface area contributed by atoms with Gasteiger partial charge in [0.2, 0.25) is 0 Å². The number of halogens is 2. The van der Waals surface area contributed by atoms with Gasteiger partial charge in [0.05, 0.1) is 47.1 Å². The number of allylic oxidation sites excluding steroid dienone is 1. The number of carbonyl (C=O) groups is 1. The second kappa shape index (κ2) is 16.1. The quantitative estimate of drug-likeness (QED) is 0.0733. The first-order valence-corrected chi connectivity index (χ1v) is 19.1.